The van der Waals surface area contributed by atoms with Gasteiger partial charge in [-0.25, -0.2) is 8.78 Å². The first-order valence-electron chi connectivity index (χ1n) is 7.45. The van der Waals surface area contributed by atoms with Crippen molar-refractivity contribution in [3.8, 4) is 0 Å². The quantitative estimate of drug-likeness (QED) is 0.624. The van der Waals surface area contributed by atoms with Crippen molar-refractivity contribution >= 4 is 29.3 Å². The standard InChI is InChI=1S/C18H17F2NO3S/c1-11-3-4-12(2)15(7-11)21-17(22)9-24-18(23)10-25-16-8-13(19)5-6-14(16)20/h3-8H,9-10H2,1-2H3,(H,21,22). The average molecular weight is 365 g/mol. The predicted octanol–water partition coefficient (Wildman–Crippen LogP) is 3.86. The molecule has 1 N–H and O–H groups in total. The Labute approximate surface area is 148 Å². The molecule has 2 aromatic rings. The first-order chi connectivity index (χ1) is 11.8. The normalized spacial score (nSPS) is 10.4. The number of benzene rings is 2. The maximum Gasteiger partial charge on any atom is 0.316 e. The zero-order valence-electron chi connectivity index (χ0n) is 13.8. The number of thioether (sulfide) groups is 1. The Bertz CT molecular complexity index is 796. The van der Waals surface area contributed by atoms with E-state index in [-0.39, 0.29) is 10.6 Å². The Morgan fingerprint density at radius 1 is 1.12 bits per heavy atom. The third-order valence-corrected chi connectivity index (χ3v) is 4.27. The Hall–Kier alpha value is -2.41. The number of aryl methyl sites for hydroxylation is 2. The Morgan fingerprint density at radius 3 is 2.64 bits per heavy atom. The molecule has 7 heteroatoms. The van der Waals surface area contributed by atoms with Gasteiger partial charge in [-0.15, -0.1) is 11.8 Å². The second-order valence-corrected chi connectivity index (χ2v) is 6.41. The predicted molar refractivity (Wildman–Crippen MR) is 92.6 cm³/mol. The molecule has 0 aliphatic rings. The number of anilines is 1. The lowest BCUT2D eigenvalue weighted by Crippen LogP contribution is -2.22. The zero-order valence-corrected chi connectivity index (χ0v) is 14.6. The summed E-state index contributed by atoms with van der Waals surface area (Å²) in [7, 11) is 0. The Kier molecular flexibility index (Phi) is 6.52. The molecule has 2 aromatic carbocycles. The maximum absolute atomic E-state index is 13.4. The monoisotopic (exact) mass is 365 g/mol. The van der Waals surface area contributed by atoms with E-state index in [0.29, 0.717) is 5.69 Å². The van der Waals surface area contributed by atoms with Crippen LogP contribution >= 0.6 is 11.8 Å². The molecule has 25 heavy (non-hydrogen) atoms. The van der Waals surface area contributed by atoms with E-state index in [0.717, 1.165) is 41.1 Å². The summed E-state index contributed by atoms with van der Waals surface area (Å²) >= 11 is 0.808. The molecule has 0 fully saturated rings. The molecular weight excluding hydrogens is 348 g/mol. The van der Waals surface area contributed by atoms with Crippen LogP contribution in [0.25, 0.3) is 0 Å². The van der Waals surface area contributed by atoms with Crippen molar-refractivity contribution in [1.82, 2.24) is 0 Å². The van der Waals surface area contributed by atoms with Crippen LogP contribution in [0.3, 0.4) is 0 Å². The fourth-order valence-electron chi connectivity index (χ4n) is 1.97. The summed E-state index contributed by atoms with van der Waals surface area (Å²) in [5.74, 6) is -2.59. The van der Waals surface area contributed by atoms with Crippen molar-refractivity contribution < 1.29 is 23.1 Å². The largest absolute Gasteiger partial charge is 0.455 e. The zero-order chi connectivity index (χ0) is 18.4. The smallest absolute Gasteiger partial charge is 0.316 e. The van der Waals surface area contributed by atoms with E-state index in [2.05, 4.69) is 5.32 Å². The van der Waals surface area contributed by atoms with Crippen molar-refractivity contribution in [2.75, 3.05) is 17.7 Å². The summed E-state index contributed by atoms with van der Waals surface area (Å²) < 4.78 is 31.3. The molecule has 0 aliphatic heterocycles. The average Bonchev–Trinajstić information content (AvgIpc) is 2.57. The summed E-state index contributed by atoms with van der Waals surface area (Å²) in [5, 5.41) is 2.66. The summed E-state index contributed by atoms with van der Waals surface area (Å²) in [6.07, 6.45) is 0. The first-order valence-corrected chi connectivity index (χ1v) is 8.44. The van der Waals surface area contributed by atoms with E-state index in [1.165, 1.54) is 0 Å². The van der Waals surface area contributed by atoms with Gasteiger partial charge >= 0.3 is 5.97 Å². The SMILES string of the molecule is Cc1ccc(C)c(NC(=O)COC(=O)CSc2cc(F)ccc2F)c1. The Morgan fingerprint density at radius 2 is 1.88 bits per heavy atom. The van der Waals surface area contributed by atoms with Gasteiger partial charge in [0.25, 0.3) is 5.91 Å². The number of esters is 1. The lowest BCUT2D eigenvalue weighted by molar-refractivity contribution is -0.144. The number of ether oxygens (including phenoxy) is 1. The summed E-state index contributed by atoms with van der Waals surface area (Å²) in [6, 6.07) is 8.60. The van der Waals surface area contributed by atoms with E-state index < -0.39 is 30.1 Å². The minimum absolute atomic E-state index is 0.0109. The number of rotatable bonds is 6. The molecule has 0 radical (unpaired) electrons. The van der Waals surface area contributed by atoms with E-state index in [9.17, 15) is 18.4 Å². The van der Waals surface area contributed by atoms with Gasteiger partial charge in [-0.3, -0.25) is 9.59 Å². The molecule has 0 aromatic heterocycles. The van der Waals surface area contributed by atoms with Crippen LogP contribution in [0.5, 0.6) is 0 Å². The third-order valence-electron chi connectivity index (χ3n) is 3.27. The van der Waals surface area contributed by atoms with Crippen LogP contribution in [0, 0.1) is 25.5 Å². The number of carbonyl (C=O) groups excluding carboxylic acids is 2. The lowest BCUT2D eigenvalue weighted by Gasteiger charge is -2.10. The highest BCUT2D eigenvalue weighted by Crippen LogP contribution is 2.22. The maximum atomic E-state index is 13.4. The van der Waals surface area contributed by atoms with Gasteiger partial charge in [0.05, 0.1) is 5.75 Å². The molecule has 0 atom stereocenters. The molecule has 0 spiro atoms. The van der Waals surface area contributed by atoms with Crippen LogP contribution < -0.4 is 5.32 Å². The minimum Gasteiger partial charge on any atom is -0.455 e. The molecule has 0 saturated carbocycles. The van der Waals surface area contributed by atoms with Gasteiger partial charge in [0.1, 0.15) is 11.6 Å². The van der Waals surface area contributed by atoms with E-state index in [4.69, 9.17) is 4.74 Å². The van der Waals surface area contributed by atoms with Gasteiger partial charge in [0.2, 0.25) is 0 Å². The summed E-state index contributed by atoms with van der Waals surface area (Å²) in [6.45, 7) is 3.31. The van der Waals surface area contributed by atoms with E-state index in [1.807, 2.05) is 32.0 Å². The molecular formula is C18H17F2NO3S. The minimum atomic E-state index is -0.690. The van der Waals surface area contributed by atoms with E-state index in [1.54, 1.807) is 0 Å². The van der Waals surface area contributed by atoms with Gasteiger partial charge in [-0.2, -0.15) is 0 Å². The molecule has 0 heterocycles. The van der Waals surface area contributed by atoms with Crippen LogP contribution in [0.4, 0.5) is 14.5 Å². The van der Waals surface area contributed by atoms with Crippen molar-refractivity contribution in [2.24, 2.45) is 0 Å². The van der Waals surface area contributed by atoms with Crippen LogP contribution in [0.1, 0.15) is 11.1 Å². The molecule has 1 amide bonds. The van der Waals surface area contributed by atoms with Crippen molar-refractivity contribution in [2.45, 2.75) is 18.7 Å². The lowest BCUT2D eigenvalue weighted by atomic mass is 10.1. The van der Waals surface area contributed by atoms with Crippen molar-refractivity contribution in [1.29, 1.82) is 0 Å². The van der Waals surface area contributed by atoms with E-state index >= 15 is 0 Å². The highest BCUT2D eigenvalue weighted by atomic mass is 32.2. The second-order valence-electron chi connectivity index (χ2n) is 5.39. The van der Waals surface area contributed by atoms with Crippen molar-refractivity contribution in [3.63, 3.8) is 0 Å². The Balaban J connectivity index is 1.80. The van der Waals surface area contributed by atoms with Gasteiger partial charge < -0.3 is 10.1 Å². The number of carbonyl (C=O) groups is 2. The molecule has 132 valence electrons. The first kappa shape index (κ1) is 18.9. The van der Waals surface area contributed by atoms with Gasteiger partial charge in [-0.1, -0.05) is 12.1 Å². The van der Waals surface area contributed by atoms with Gasteiger partial charge in [0, 0.05) is 10.6 Å². The molecule has 0 saturated heterocycles. The number of halogens is 2. The molecule has 0 unspecified atom stereocenters. The van der Waals surface area contributed by atoms with Crippen LogP contribution in [0.2, 0.25) is 0 Å². The molecule has 4 nitrogen and oxygen atoms in total. The van der Waals surface area contributed by atoms with Crippen LogP contribution in [-0.2, 0) is 14.3 Å². The number of amides is 1. The van der Waals surface area contributed by atoms with Gasteiger partial charge in [-0.05, 0) is 49.2 Å². The highest BCUT2D eigenvalue weighted by molar-refractivity contribution is 8.00. The molecule has 0 bridgehead atoms. The van der Waals surface area contributed by atoms with Crippen LogP contribution in [0.15, 0.2) is 41.3 Å². The number of hydrogen-bond acceptors (Lipinski definition) is 4. The summed E-state index contributed by atoms with van der Waals surface area (Å²) in [4.78, 5) is 23.5. The molecule has 2 rings (SSSR count). The topological polar surface area (TPSA) is 55.4 Å². The van der Waals surface area contributed by atoms with Crippen molar-refractivity contribution in [3.05, 3.63) is 59.2 Å². The molecule has 0 aliphatic carbocycles. The number of hydrogen-bond donors (Lipinski definition) is 1. The van der Waals surface area contributed by atoms with Gasteiger partial charge in [0.15, 0.2) is 6.61 Å². The summed E-state index contributed by atoms with van der Waals surface area (Å²) in [5.41, 5.74) is 2.53. The third kappa shape index (κ3) is 5.86. The highest BCUT2D eigenvalue weighted by Gasteiger charge is 2.12. The fraction of sp³-hybridized carbons (Fsp3) is 0.222. The fourth-order valence-corrected chi connectivity index (χ4v) is 2.73. The number of nitrogens with one attached hydrogen (secondary N) is 1. The second kappa shape index (κ2) is 8.62. The van der Waals surface area contributed by atoms with Crippen LogP contribution in [-0.4, -0.2) is 24.2 Å².